The van der Waals surface area contributed by atoms with Gasteiger partial charge in [0, 0.05) is 12.8 Å². The quantitative estimate of drug-likeness (QED) is 0.0225. The summed E-state index contributed by atoms with van der Waals surface area (Å²) >= 11 is 0. The highest BCUT2D eigenvalue weighted by atomic mass is 31.2. The molecule has 50 heavy (non-hydrogen) atoms. The molecule has 0 fully saturated rings. The van der Waals surface area contributed by atoms with Gasteiger partial charge in [0.2, 0.25) is 0 Å². The Bertz CT molecular complexity index is 1010. The number of carbonyl (C=O) groups is 2. The van der Waals surface area contributed by atoms with Crippen LogP contribution in [0.2, 0.25) is 0 Å². The van der Waals surface area contributed by atoms with Crippen LogP contribution in [0.25, 0.3) is 0 Å². The van der Waals surface area contributed by atoms with Crippen LogP contribution < -0.4 is 0 Å². The minimum absolute atomic E-state index is 0.0918. The molecule has 0 bridgehead atoms. The second kappa shape index (κ2) is 32.8. The van der Waals surface area contributed by atoms with Crippen molar-refractivity contribution in [2.45, 2.75) is 148 Å². The average molecular weight is 731 g/mol. The smallest absolute Gasteiger partial charge is 0.462 e. The van der Waals surface area contributed by atoms with E-state index in [1.54, 1.807) is 0 Å². The van der Waals surface area contributed by atoms with Crippen molar-refractivity contribution < 1.29 is 52.9 Å². The molecule has 12 heteroatoms. The summed E-state index contributed by atoms with van der Waals surface area (Å²) in [5.41, 5.74) is 0. The van der Waals surface area contributed by atoms with E-state index >= 15 is 0 Å². The molecule has 290 valence electrons. The Morgan fingerprint density at radius 2 is 1.24 bits per heavy atom. The number of phosphoric acid groups is 1. The summed E-state index contributed by atoms with van der Waals surface area (Å²) in [5.74, 6) is -0.309. The van der Waals surface area contributed by atoms with E-state index in [1.807, 2.05) is 18.2 Å². The Morgan fingerprint density at radius 3 is 1.86 bits per heavy atom. The maximum atomic E-state index is 12.5. The number of phosphoric ester groups is 1. The van der Waals surface area contributed by atoms with Crippen LogP contribution in [0.3, 0.4) is 0 Å². The van der Waals surface area contributed by atoms with E-state index in [9.17, 15) is 29.3 Å². The van der Waals surface area contributed by atoms with E-state index in [-0.39, 0.29) is 25.6 Å². The van der Waals surface area contributed by atoms with E-state index in [2.05, 4.69) is 55.7 Å². The number of aliphatic hydroxyl groups excluding tert-OH is 3. The van der Waals surface area contributed by atoms with E-state index in [4.69, 9.17) is 19.1 Å². The Kier molecular flexibility index (Phi) is 31.4. The molecule has 0 spiro atoms. The fraction of sp³-hybridized carbons (Fsp3) is 0.737. The summed E-state index contributed by atoms with van der Waals surface area (Å²) in [7, 11) is -4.63. The molecule has 4 N–H and O–H groups in total. The fourth-order valence-corrected chi connectivity index (χ4v) is 5.38. The molecule has 0 aliphatic heterocycles. The van der Waals surface area contributed by atoms with Gasteiger partial charge in [-0.3, -0.25) is 18.6 Å². The topological polar surface area (TPSA) is 169 Å². The van der Waals surface area contributed by atoms with Crippen molar-refractivity contribution in [1.29, 1.82) is 0 Å². The Balaban J connectivity index is 4.51. The van der Waals surface area contributed by atoms with Gasteiger partial charge in [0.25, 0.3) is 0 Å². The summed E-state index contributed by atoms with van der Waals surface area (Å²) in [4.78, 5) is 34.7. The number of aliphatic hydroxyl groups is 3. The first kappa shape index (κ1) is 47.9. The van der Waals surface area contributed by atoms with Crippen molar-refractivity contribution >= 4 is 19.8 Å². The van der Waals surface area contributed by atoms with E-state index < -0.39 is 51.8 Å². The standard InChI is InChI=1S/C38H67O11P/c1-4-24-34(40)26-21-17-12-10-8-6-5-7-9-11-13-19-23-28-38(43)49-36(32-48-50(44,45)47-30-35(41)29-39)31-46-37(42)27-22-18-15-14-16-20-25-33(2)3/h5,7-8,10-11,13,17,21,33-36,39-41H,4,6,9,12,14-16,18-20,22-32H2,1-3H3,(H,44,45)/b7-5-,10-8-,13-11-,21-17-/t34?,35-,36+/m0/s1. The third kappa shape index (κ3) is 33.1. The molecular weight excluding hydrogens is 663 g/mol. The van der Waals surface area contributed by atoms with E-state index in [0.717, 1.165) is 51.4 Å². The number of unbranched alkanes of at least 4 members (excludes halogenated alkanes) is 6. The molecule has 0 saturated carbocycles. The lowest BCUT2D eigenvalue weighted by Gasteiger charge is -2.20. The molecule has 2 unspecified atom stereocenters. The van der Waals surface area contributed by atoms with Gasteiger partial charge in [-0.05, 0) is 57.3 Å². The Labute approximate surface area is 301 Å². The molecule has 0 amide bonds. The van der Waals surface area contributed by atoms with Crippen LogP contribution in [0.4, 0.5) is 0 Å². The third-order valence-corrected chi connectivity index (χ3v) is 8.42. The first-order valence-electron chi connectivity index (χ1n) is 18.5. The van der Waals surface area contributed by atoms with Crippen molar-refractivity contribution in [3.8, 4) is 0 Å². The van der Waals surface area contributed by atoms with Crippen molar-refractivity contribution in [2.24, 2.45) is 5.92 Å². The third-order valence-electron chi connectivity index (χ3n) is 7.47. The van der Waals surface area contributed by atoms with Gasteiger partial charge in [-0.1, -0.05) is 114 Å². The van der Waals surface area contributed by atoms with Gasteiger partial charge in [-0.15, -0.1) is 0 Å². The molecule has 0 aliphatic carbocycles. The number of hydrogen-bond donors (Lipinski definition) is 4. The van der Waals surface area contributed by atoms with Crippen molar-refractivity contribution in [3.05, 3.63) is 48.6 Å². The molecule has 0 radical (unpaired) electrons. The van der Waals surface area contributed by atoms with Crippen LogP contribution >= 0.6 is 7.82 Å². The monoisotopic (exact) mass is 730 g/mol. The van der Waals surface area contributed by atoms with Crippen LogP contribution in [-0.2, 0) is 32.7 Å². The molecule has 0 aliphatic rings. The maximum Gasteiger partial charge on any atom is 0.472 e. The van der Waals surface area contributed by atoms with Crippen LogP contribution in [0.1, 0.15) is 130 Å². The van der Waals surface area contributed by atoms with Gasteiger partial charge >= 0.3 is 19.8 Å². The summed E-state index contributed by atoms with van der Waals surface area (Å²) in [6, 6.07) is 0. The van der Waals surface area contributed by atoms with Gasteiger partial charge in [0.15, 0.2) is 6.10 Å². The van der Waals surface area contributed by atoms with Crippen LogP contribution in [0.5, 0.6) is 0 Å². The maximum absolute atomic E-state index is 12.5. The first-order chi connectivity index (χ1) is 24.0. The number of rotatable bonds is 33. The molecule has 0 rings (SSSR count). The van der Waals surface area contributed by atoms with Gasteiger partial charge in [-0.25, -0.2) is 4.57 Å². The number of hydrogen-bond acceptors (Lipinski definition) is 10. The molecule has 0 heterocycles. The largest absolute Gasteiger partial charge is 0.472 e. The van der Waals surface area contributed by atoms with E-state index in [0.29, 0.717) is 31.6 Å². The average Bonchev–Trinajstić information content (AvgIpc) is 3.07. The highest BCUT2D eigenvalue weighted by Gasteiger charge is 2.27. The Hall–Kier alpha value is -2.11. The molecule has 4 atom stereocenters. The van der Waals surface area contributed by atoms with Crippen LogP contribution in [-0.4, -0.2) is 76.9 Å². The number of allylic oxidation sites excluding steroid dienone is 7. The Morgan fingerprint density at radius 1 is 0.680 bits per heavy atom. The van der Waals surface area contributed by atoms with Gasteiger partial charge in [-0.2, -0.15) is 0 Å². The van der Waals surface area contributed by atoms with Crippen LogP contribution in [0.15, 0.2) is 48.6 Å². The fourth-order valence-electron chi connectivity index (χ4n) is 4.60. The second-order valence-electron chi connectivity index (χ2n) is 12.9. The zero-order valence-electron chi connectivity index (χ0n) is 30.9. The predicted octanol–water partition coefficient (Wildman–Crippen LogP) is 7.82. The number of carbonyl (C=O) groups excluding carboxylic acids is 2. The molecule has 0 aromatic rings. The zero-order chi connectivity index (χ0) is 37.3. The van der Waals surface area contributed by atoms with Crippen molar-refractivity contribution in [1.82, 2.24) is 0 Å². The lowest BCUT2D eigenvalue weighted by Crippen LogP contribution is -2.29. The van der Waals surface area contributed by atoms with Crippen molar-refractivity contribution in [2.75, 3.05) is 26.4 Å². The predicted molar refractivity (Wildman–Crippen MR) is 197 cm³/mol. The lowest BCUT2D eigenvalue weighted by atomic mass is 10.0. The minimum atomic E-state index is -4.63. The molecule has 0 aromatic carbocycles. The molecule has 11 nitrogen and oxygen atoms in total. The van der Waals surface area contributed by atoms with Crippen LogP contribution in [0, 0.1) is 5.92 Å². The first-order valence-corrected chi connectivity index (χ1v) is 20.0. The summed E-state index contributed by atoms with van der Waals surface area (Å²) in [5, 5.41) is 27.9. The van der Waals surface area contributed by atoms with Gasteiger partial charge < -0.3 is 29.7 Å². The molecule has 0 aromatic heterocycles. The minimum Gasteiger partial charge on any atom is -0.462 e. The second-order valence-corrected chi connectivity index (χ2v) is 14.4. The highest BCUT2D eigenvalue weighted by Crippen LogP contribution is 2.43. The summed E-state index contributed by atoms with van der Waals surface area (Å²) in [6.45, 7) is 4.29. The summed E-state index contributed by atoms with van der Waals surface area (Å²) in [6.07, 6.45) is 27.6. The zero-order valence-corrected chi connectivity index (χ0v) is 31.8. The van der Waals surface area contributed by atoms with Gasteiger partial charge in [0.05, 0.1) is 25.9 Å². The SMILES string of the molecule is CCCC(O)C/C=C\C/C=C\C/C=C\C/C=C\CCCC(=O)O[C@H](COC(=O)CCCCCCCCC(C)C)COP(=O)(O)OC[C@@H](O)CO. The molecule has 0 saturated heterocycles. The number of ether oxygens (including phenoxy) is 2. The normalized spacial score (nSPS) is 15.4. The van der Waals surface area contributed by atoms with Gasteiger partial charge in [0.1, 0.15) is 12.7 Å². The lowest BCUT2D eigenvalue weighted by molar-refractivity contribution is -0.161. The molecular formula is C38H67O11P. The number of esters is 2. The summed E-state index contributed by atoms with van der Waals surface area (Å²) < 4.78 is 32.4. The van der Waals surface area contributed by atoms with Crippen molar-refractivity contribution in [3.63, 3.8) is 0 Å². The highest BCUT2D eigenvalue weighted by molar-refractivity contribution is 7.47. The van der Waals surface area contributed by atoms with E-state index in [1.165, 1.54) is 19.3 Å².